The zero-order chi connectivity index (χ0) is 34.0. The number of benzene rings is 2. The second-order valence-corrected chi connectivity index (χ2v) is 15.8. The van der Waals surface area contributed by atoms with Gasteiger partial charge in [0.1, 0.15) is 6.54 Å². The molecule has 2 unspecified atom stereocenters. The first-order chi connectivity index (χ1) is 21.2. The Kier molecular flexibility index (Phi) is 8.44. The summed E-state index contributed by atoms with van der Waals surface area (Å²) < 4.78 is 68.4. The summed E-state index contributed by atoms with van der Waals surface area (Å²) in [6, 6.07) is 8.48. The SMILES string of the molecule is CC1(C)C(=CC2C(=O)C(=CC3=[N+](CCCCCC(=O)O)c4ccc(S(=O)(=O)O)cc4C3(C)C)C2O)Nc2ccc(S(=O)(=O)O)cc21. The number of nitrogens with one attached hydrogen (secondary N) is 1. The lowest BCUT2D eigenvalue weighted by atomic mass is 9.71. The standard InChI is InChI=1S/C32H36N2O10S2/c1-31(2)22-14-18(45(39,40)41)9-11-24(22)33-26(31)16-20-29(37)21(30(20)38)17-27-32(3,4)23-15-19(46(42,43)44)10-12-25(23)34(27)13-7-5-6-8-28(35)36/h9-12,14-17,20,29,33,37H,5-8,13H2,1-4H3,(H2-,35,36,39,40,41,42,43,44)/p+1. The van der Waals surface area contributed by atoms with Crippen LogP contribution in [0.4, 0.5) is 11.4 Å². The molecule has 2 aliphatic heterocycles. The van der Waals surface area contributed by atoms with Gasteiger partial charge in [0.05, 0.1) is 27.2 Å². The van der Waals surface area contributed by atoms with Crippen LogP contribution in [-0.4, -0.2) is 70.8 Å². The third-order valence-electron chi connectivity index (χ3n) is 9.22. The minimum Gasteiger partial charge on any atom is -0.481 e. The van der Waals surface area contributed by atoms with E-state index in [0.717, 1.165) is 0 Å². The van der Waals surface area contributed by atoms with Crippen molar-refractivity contribution in [1.29, 1.82) is 0 Å². The number of carboxylic acids is 1. The van der Waals surface area contributed by atoms with Crippen LogP contribution in [0.3, 0.4) is 0 Å². The molecule has 5 N–H and O–H groups in total. The molecule has 12 nitrogen and oxygen atoms in total. The van der Waals surface area contributed by atoms with Gasteiger partial charge in [0.15, 0.2) is 11.5 Å². The highest BCUT2D eigenvalue weighted by atomic mass is 32.2. The van der Waals surface area contributed by atoms with Crippen molar-refractivity contribution in [2.24, 2.45) is 5.92 Å². The number of Topliss-reactive ketones (excluding diaryl/α,β-unsaturated/α-hetero) is 1. The number of ketones is 1. The van der Waals surface area contributed by atoms with Crippen molar-refractivity contribution in [3.63, 3.8) is 0 Å². The Labute approximate surface area is 267 Å². The quantitative estimate of drug-likeness (QED) is 0.106. The molecule has 14 heteroatoms. The second kappa shape index (κ2) is 11.5. The first-order valence-corrected chi connectivity index (χ1v) is 17.7. The van der Waals surface area contributed by atoms with E-state index in [4.69, 9.17) is 5.11 Å². The lowest BCUT2D eigenvalue weighted by Gasteiger charge is -2.34. The number of carbonyl (C=O) groups excluding carboxylic acids is 1. The van der Waals surface area contributed by atoms with Crippen molar-refractivity contribution in [3.8, 4) is 0 Å². The molecule has 0 amide bonds. The smallest absolute Gasteiger partial charge is 0.303 e. The maximum atomic E-state index is 13.5. The molecule has 0 bridgehead atoms. The number of aliphatic hydroxyl groups excluding tert-OH is 1. The van der Waals surface area contributed by atoms with Crippen LogP contribution in [0.5, 0.6) is 0 Å². The molecule has 5 rings (SSSR count). The first-order valence-electron chi connectivity index (χ1n) is 14.8. The van der Waals surface area contributed by atoms with E-state index in [1.54, 1.807) is 18.2 Å². The minimum atomic E-state index is -4.48. The molecule has 2 atom stereocenters. The number of hydrogen-bond acceptors (Lipinski definition) is 8. The summed E-state index contributed by atoms with van der Waals surface area (Å²) in [5, 5.41) is 23.4. The summed E-state index contributed by atoms with van der Waals surface area (Å²) in [5.74, 6) is -2.08. The molecule has 2 aromatic rings. The van der Waals surface area contributed by atoms with Crippen molar-refractivity contribution >= 4 is 49.1 Å². The van der Waals surface area contributed by atoms with Gasteiger partial charge in [0.2, 0.25) is 5.69 Å². The number of hydrogen-bond donors (Lipinski definition) is 5. The number of carboxylic acid groups (broad SMARTS) is 1. The Balaban J connectivity index is 1.47. The Morgan fingerprint density at radius 1 is 0.913 bits per heavy atom. The van der Waals surface area contributed by atoms with E-state index in [9.17, 15) is 40.6 Å². The van der Waals surface area contributed by atoms with Gasteiger partial charge in [0, 0.05) is 52.9 Å². The van der Waals surface area contributed by atoms with Gasteiger partial charge in [-0.3, -0.25) is 18.7 Å². The summed E-state index contributed by atoms with van der Waals surface area (Å²) >= 11 is 0. The van der Waals surface area contributed by atoms with Gasteiger partial charge in [0.25, 0.3) is 20.2 Å². The Morgan fingerprint density at radius 3 is 2.11 bits per heavy atom. The van der Waals surface area contributed by atoms with Crippen LogP contribution in [-0.2, 0) is 40.7 Å². The number of fused-ring (bicyclic) bond motifs is 2. The van der Waals surface area contributed by atoms with Gasteiger partial charge in [-0.05, 0) is 62.6 Å². The van der Waals surface area contributed by atoms with Crippen LogP contribution in [0.15, 0.2) is 69.6 Å². The van der Waals surface area contributed by atoms with Gasteiger partial charge in [-0.25, -0.2) is 0 Å². The lowest BCUT2D eigenvalue weighted by molar-refractivity contribution is -0.438. The maximum Gasteiger partial charge on any atom is 0.303 e. The maximum absolute atomic E-state index is 13.5. The molecule has 1 saturated carbocycles. The summed E-state index contributed by atoms with van der Waals surface area (Å²) in [4.78, 5) is 24.0. The monoisotopic (exact) mass is 673 g/mol. The van der Waals surface area contributed by atoms with Gasteiger partial charge in [-0.15, -0.1) is 0 Å². The molecule has 2 aromatic carbocycles. The molecule has 246 valence electrons. The molecule has 0 saturated heterocycles. The molecule has 0 radical (unpaired) electrons. The van der Waals surface area contributed by atoms with E-state index >= 15 is 0 Å². The zero-order valence-corrected chi connectivity index (χ0v) is 27.4. The molecule has 2 heterocycles. The van der Waals surface area contributed by atoms with E-state index in [-0.39, 0.29) is 27.6 Å². The van der Waals surface area contributed by atoms with E-state index in [1.807, 2.05) is 32.3 Å². The molecule has 3 aliphatic rings. The molecular weight excluding hydrogens is 636 g/mol. The fourth-order valence-corrected chi connectivity index (χ4v) is 7.49. The lowest BCUT2D eigenvalue weighted by Crippen LogP contribution is -2.45. The zero-order valence-electron chi connectivity index (χ0n) is 25.8. The van der Waals surface area contributed by atoms with E-state index in [1.165, 1.54) is 30.3 Å². The van der Waals surface area contributed by atoms with E-state index in [0.29, 0.717) is 59.7 Å². The summed E-state index contributed by atoms with van der Waals surface area (Å²) in [6.07, 6.45) is 3.86. The molecule has 0 spiro atoms. The largest absolute Gasteiger partial charge is 0.481 e. The number of allylic oxidation sites excluding steroid dienone is 2. The molecular formula is C32H37N2O10S2+. The van der Waals surface area contributed by atoms with Crippen LogP contribution in [0.2, 0.25) is 0 Å². The highest BCUT2D eigenvalue weighted by Gasteiger charge is 2.50. The summed E-state index contributed by atoms with van der Waals surface area (Å²) in [6.45, 7) is 7.82. The van der Waals surface area contributed by atoms with Crippen LogP contribution in [0.1, 0.15) is 64.5 Å². The van der Waals surface area contributed by atoms with E-state index in [2.05, 4.69) is 5.32 Å². The number of unbranched alkanes of at least 4 members (excludes halogenated alkanes) is 2. The van der Waals surface area contributed by atoms with Crippen molar-refractivity contribution < 1.29 is 50.3 Å². The third-order valence-corrected chi connectivity index (χ3v) is 10.9. The molecule has 46 heavy (non-hydrogen) atoms. The van der Waals surface area contributed by atoms with E-state index < -0.39 is 49.1 Å². The highest BCUT2D eigenvalue weighted by molar-refractivity contribution is 7.86. The minimum absolute atomic E-state index is 0.0381. The van der Waals surface area contributed by atoms with Crippen molar-refractivity contribution in [2.45, 2.75) is 80.1 Å². The Bertz CT molecular complexity index is 1970. The van der Waals surface area contributed by atoms with Gasteiger partial charge in [-0.1, -0.05) is 19.9 Å². The number of aliphatic carboxylic acids is 1. The van der Waals surface area contributed by atoms with Gasteiger partial charge < -0.3 is 15.5 Å². The number of nitrogens with zero attached hydrogens (tertiary/aromatic N) is 1. The Morgan fingerprint density at radius 2 is 1.52 bits per heavy atom. The van der Waals surface area contributed by atoms with Crippen molar-refractivity contribution in [3.05, 3.63) is 70.9 Å². The molecule has 0 aromatic heterocycles. The molecule has 1 fully saturated rings. The first kappa shape index (κ1) is 33.7. The van der Waals surface area contributed by atoms with Crippen LogP contribution in [0.25, 0.3) is 0 Å². The number of aliphatic hydroxyl groups is 1. The second-order valence-electron chi connectivity index (χ2n) is 13.0. The van der Waals surface area contributed by atoms with Crippen LogP contribution >= 0.6 is 0 Å². The third kappa shape index (κ3) is 5.95. The van der Waals surface area contributed by atoms with Crippen LogP contribution in [0, 0.1) is 5.92 Å². The number of anilines is 1. The van der Waals surface area contributed by atoms with Crippen LogP contribution < -0.4 is 5.32 Å². The average molecular weight is 674 g/mol. The highest BCUT2D eigenvalue weighted by Crippen LogP contribution is 2.47. The topological polar surface area (TPSA) is 198 Å². The average Bonchev–Trinajstić information content (AvgIpc) is 3.33. The number of carbonyl (C=O) groups is 2. The fourth-order valence-electron chi connectivity index (χ4n) is 6.47. The number of rotatable bonds is 10. The van der Waals surface area contributed by atoms with Crippen molar-refractivity contribution in [2.75, 3.05) is 11.9 Å². The van der Waals surface area contributed by atoms with Gasteiger partial charge in [-0.2, -0.15) is 21.4 Å². The van der Waals surface area contributed by atoms with Gasteiger partial charge >= 0.3 is 5.97 Å². The summed E-state index contributed by atoms with van der Waals surface area (Å²) in [5.41, 5.74) is 2.34. The van der Waals surface area contributed by atoms with Crippen molar-refractivity contribution in [1.82, 2.24) is 0 Å². The summed E-state index contributed by atoms with van der Waals surface area (Å²) in [7, 11) is -8.90. The Hall–Kier alpha value is -3.69. The molecule has 1 aliphatic carbocycles. The predicted octanol–water partition coefficient (Wildman–Crippen LogP) is 3.97. The predicted molar refractivity (Wildman–Crippen MR) is 169 cm³/mol. The fraction of sp³-hybridized carbons (Fsp3) is 0.406. The normalized spacial score (nSPS) is 23.3.